The maximum atomic E-state index is 12.0. The molecule has 0 spiro atoms. The van der Waals surface area contributed by atoms with Crippen LogP contribution >= 0.6 is 0 Å². The predicted molar refractivity (Wildman–Crippen MR) is 132 cm³/mol. The largest absolute Gasteiger partial charge is 0.456 e. The fourth-order valence-corrected chi connectivity index (χ4v) is 4.61. The van der Waals surface area contributed by atoms with Crippen LogP contribution < -0.4 is 0 Å². The van der Waals surface area contributed by atoms with Crippen LogP contribution in [0.5, 0.6) is 0 Å². The zero-order valence-electron chi connectivity index (χ0n) is 20.9. The highest BCUT2D eigenvalue weighted by molar-refractivity contribution is 5.87. The van der Waals surface area contributed by atoms with Crippen LogP contribution in [0.15, 0.2) is 12.2 Å². The smallest absolute Gasteiger partial charge is 0.333 e. The molecule has 0 N–H and O–H groups in total. The van der Waals surface area contributed by atoms with Gasteiger partial charge in [-0.25, -0.2) is 4.79 Å². The Hall–Kier alpha value is -0.830. The molecule has 1 atom stereocenters. The Balaban J connectivity index is 1.97. The molecule has 0 saturated heterocycles. The molecule has 1 unspecified atom stereocenters. The van der Waals surface area contributed by atoms with Crippen molar-refractivity contribution in [1.82, 2.24) is 0 Å². The van der Waals surface area contributed by atoms with Crippen molar-refractivity contribution in [2.45, 2.75) is 142 Å². The molecule has 0 aromatic heterocycles. The van der Waals surface area contributed by atoms with E-state index in [1.807, 2.05) is 0 Å². The van der Waals surface area contributed by atoms with Crippen LogP contribution in [-0.2, 0) is 14.3 Å². The van der Waals surface area contributed by atoms with Crippen LogP contribution in [0, 0.1) is 5.92 Å². The van der Waals surface area contributed by atoms with E-state index in [4.69, 9.17) is 9.47 Å². The summed E-state index contributed by atoms with van der Waals surface area (Å²) in [5.41, 5.74) is 0.479. The van der Waals surface area contributed by atoms with Crippen LogP contribution in [0.3, 0.4) is 0 Å². The molecule has 0 amide bonds. The van der Waals surface area contributed by atoms with Gasteiger partial charge in [-0.1, -0.05) is 116 Å². The monoisotopic (exact) mass is 436 g/mol. The van der Waals surface area contributed by atoms with E-state index < -0.39 is 0 Å². The first-order valence-corrected chi connectivity index (χ1v) is 13.6. The Morgan fingerprint density at radius 1 is 0.806 bits per heavy atom. The second kappa shape index (κ2) is 19.8. The first-order chi connectivity index (χ1) is 15.1. The third-order valence-corrected chi connectivity index (χ3v) is 6.71. The van der Waals surface area contributed by atoms with Gasteiger partial charge >= 0.3 is 5.97 Å². The summed E-state index contributed by atoms with van der Waals surface area (Å²) in [5.74, 6) is 0.184. The molecule has 182 valence electrons. The third-order valence-electron chi connectivity index (χ3n) is 6.71. The minimum Gasteiger partial charge on any atom is -0.456 e. The van der Waals surface area contributed by atoms with Crippen molar-refractivity contribution in [2.24, 2.45) is 5.92 Å². The summed E-state index contributed by atoms with van der Waals surface area (Å²) < 4.78 is 11.6. The fourth-order valence-electron chi connectivity index (χ4n) is 4.61. The molecule has 0 heterocycles. The van der Waals surface area contributed by atoms with Gasteiger partial charge in [0.25, 0.3) is 0 Å². The summed E-state index contributed by atoms with van der Waals surface area (Å²) in [6.45, 7) is 9.05. The van der Waals surface area contributed by atoms with Crippen LogP contribution in [0.4, 0.5) is 0 Å². The number of esters is 1. The minimum atomic E-state index is -0.268. The molecular weight excluding hydrogens is 384 g/mol. The average Bonchev–Trinajstić information content (AvgIpc) is 2.78. The Labute approximate surface area is 193 Å². The van der Waals surface area contributed by atoms with E-state index in [0.717, 1.165) is 25.9 Å². The van der Waals surface area contributed by atoms with E-state index in [2.05, 4.69) is 13.5 Å². The Kier molecular flexibility index (Phi) is 18.0. The molecule has 0 aromatic carbocycles. The molecule has 1 aliphatic rings. The molecule has 1 rings (SSSR count). The Bertz CT molecular complexity index is 440. The molecular formula is C28H52O3. The number of unbranched alkanes of at least 4 members (excludes halogenated alkanes) is 13. The van der Waals surface area contributed by atoms with Crippen LogP contribution in [0.25, 0.3) is 0 Å². The summed E-state index contributed by atoms with van der Waals surface area (Å²) in [6, 6.07) is 0. The van der Waals surface area contributed by atoms with Gasteiger partial charge in [0.15, 0.2) is 0 Å². The van der Waals surface area contributed by atoms with Crippen molar-refractivity contribution in [3.8, 4) is 0 Å². The van der Waals surface area contributed by atoms with Gasteiger partial charge in [0.2, 0.25) is 0 Å². The molecule has 1 saturated carbocycles. The topological polar surface area (TPSA) is 35.5 Å². The summed E-state index contributed by atoms with van der Waals surface area (Å²) in [7, 11) is 0. The van der Waals surface area contributed by atoms with Gasteiger partial charge in [-0.3, -0.25) is 0 Å². The summed E-state index contributed by atoms with van der Waals surface area (Å²) in [5, 5.41) is 0. The number of ether oxygens (including phenoxy) is 2. The number of rotatable bonds is 20. The lowest BCUT2D eigenvalue weighted by molar-refractivity contribution is -0.151. The van der Waals surface area contributed by atoms with Crippen molar-refractivity contribution >= 4 is 5.97 Å². The molecule has 1 aliphatic carbocycles. The Morgan fingerprint density at radius 3 is 1.77 bits per heavy atom. The van der Waals surface area contributed by atoms with Gasteiger partial charge in [-0.05, 0) is 32.1 Å². The maximum Gasteiger partial charge on any atom is 0.333 e. The number of hydrogen-bond acceptors (Lipinski definition) is 3. The van der Waals surface area contributed by atoms with Gasteiger partial charge in [-0.2, -0.15) is 0 Å². The normalized spacial score (nSPS) is 15.7. The van der Waals surface area contributed by atoms with E-state index in [0.29, 0.717) is 18.1 Å². The third kappa shape index (κ3) is 15.6. The van der Waals surface area contributed by atoms with Crippen LogP contribution in [0.1, 0.15) is 136 Å². The molecule has 0 bridgehead atoms. The molecule has 0 aromatic rings. The van der Waals surface area contributed by atoms with E-state index in [9.17, 15) is 4.79 Å². The second-order valence-electron chi connectivity index (χ2n) is 9.79. The number of carbonyl (C=O) groups is 1. The highest BCUT2D eigenvalue weighted by atomic mass is 16.6. The maximum absolute atomic E-state index is 12.0. The van der Waals surface area contributed by atoms with Gasteiger partial charge in [0, 0.05) is 12.2 Å². The first kappa shape index (κ1) is 28.2. The second-order valence-corrected chi connectivity index (χ2v) is 9.79. The molecule has 0 radical (unpaired) electrons. The summed E-state index contributed by atoms with van der Waals surface area (Å²) >= 11 is 0. The fraction of sp³-hybridized carbons (Fsp3) is 0.893. The molecule has 0 aliphatic heterocycles. The van der Waals surface area contributed by atoms with Crippen molar-refractivity contribution < 1.29 is 14.3 Å². The quantitative estimate of drug-likeness (QED) is 0.109. The van der Waals surface area contributed by atoms with E-state index >= 15 is 0 Å². The van der Waals surface area contributed by atoms with E-state index in [-0.39, 0.29) is 12.1 Å². The van der Waals surface area contributed by atoms with Gasteiger partial charge in [0.05, 0.1) is 6.61 Å². The average molecular weight is 437 g/mol. The van der Waals surface area contributed by atoms with E-state index in [1.54, 1.807) is 6.92 Å². The van der Waals surface area contributed by atoms with Gasteiger partial charge < -0.3 is 9.47 Å². The number of hydrogen-bond donors (Lipinski definition) is 0. The number of carbonyl (C=O) groups excluding carboxylic acids is 1. The van der Waals surface area contributed by atoms with Gasteiger partial charge in [-0.15, -0.1) is 0 Å². The molecule has 3 heteroatoms. The Morgan fingerprint density at radius 2 is 1.29 bits per heavy atom. The molecule has 3 nitrogen and oxygen atoms in total. The minimum absolute atomic E-state index is 0.101. The zero-order valence-corrected chi connectivity index (χ0v) is 20.9. The summed E-state index contributed by atoms with van der Waals surface area (Å²) in [4.78, 5) is 12.0. The van der Waals surface area contributed by atoms with Crippen molar-refractivity contribution in [3.05, 3.63) is 12.2 Å². The van der Waals surface area contributed by atoms with Crippen LogP contribution in [0.2, 0.25) is 0 Å². The predicted octanol–water partition coefficient (Wildman–Crippen LogP) is 8.55. The lowest BCUT2D eigenvalue weighted by Crippen LogP contribution is -2.33. The SMILES string of the molecule is C=C(C)C(=O)OC(COCCCCCCCCCCCCCCCC)C1CCCCC1. The molecule has 31 heavy (non-hydrogen) atoms. The zero-order chi connectivity index (χ0) is 22.6. The van der Waals surface area contributed by atoms with E-state index in [1.165, 1.54) is 103 Å². The van der Waals surface area contributed by atoms with Crippen molar-refractivity contribution in [3.63, 3.8) is 0 Å². The van der Waals surface area contributed by atoms with Gasteiger partial charge in [0.1, 0.15) is 6.10 Å². The van der Waals surface area contributed by atoms with Crippen molar-refractivity contribution in [2.75, 3.05) is 13.2 Å². The highest BCUT2D eigenvalue weighted by Gasteiger charge is 2.27. The standard InChI is InChI=1S/C28H52O3/c1-4-5-6-7-8-9-10-11-12-13-14-15-16-20-23-30-24-27(31-28(29)25(2)3)26-21-18-17-19-22-26/h26-27H,2,4-24H2,1,3H3. The molecule has 1 fully saturated rings. The highest BCUT2D eigenvalue weighted by Crippen LogP contribution is 2.28. The lowest BCUT2D eigenvalue weighted by atomic mass is 9.85. The first-order valence-electron chi connectivity index (χ1n) is 13.6. The van der Waals surface area contributed by atoms with Crippen LogP contribution in [-0.4, -0.2) is 25.3 Å². The van der Waals surface area contributed by atoms with Crippen molar-refractivity contribution in [1.29, 1.82) is 0 Å². The lowest BCUT2D eigenvalue weighted by Gasteiger charge is -2.30. The summed E-state index contributed by atoms with van der Waals surface area (Å²) in [6.07, 6.45) is 25.2.